The average Bonchev–Trinajstić information content (AvgIpc) is 3.73. The molecule has 8 N–H and O–H groups in total. The largest absolute Gasteiger partial charge is 0.394 e. The van der Waals surface area contributed by atoms with Crippen LogP contribution in [-0.2, 0) is 41.8 Å². The lowest BCUT2D eigenvalue weighted by Gasteiger charge is -2.34. The lowest BCUT2D eigenvalue weighted by molar-refractivity contribution is -0.0676. The monoisotopic (exact) mass is 625 g/mol. The number of hydrogen-bond acceptors (Lipinski definition) is 16. The number of fused-ring (bicyclic) bond motifs is 2. The molecule has 19 nitrogen and oxygen atoms in total. The number of nitrogens with one attached hydrogen (secondary N) is 1. The van der Waals surface area contributed by atoms with Gasteiger partial charge in [0.25, 0.3) is 5.56 Å². The topological polar surface area (TPSA) is 270 Å². The van der Waals surface area contributed by atoms with Crippen LogP contribution in [-0.4, -0.2) is 97.7 Å². The minimum absolute atomic E-state index is 0.0295. The minimum atomic E-state index is -4.12. The molecule has 0 radical (unpaired) electrons. The van der Waals surface area contributed by atoms with Gasteiger partial charge >= 0.3 is 6.72 Å². The highest BCUT2D eigenvalue weighted by Gasteiger charge is 2.52. The Kier molecular flexibility index (Phi) is 7.03. The van der Waals surface area contributed by atoms with Crippen molar-refractivity contribution in [1.29, 1.82) is 0 Å². The fourth-order valence-electron chi connectivity index (χ4n) is 5.27. The summed E-state index contributed by atoms with van der Waals surface area (Å²) in [6.07, 6.45) is 2.33. The number of ether oxygens (including phenoxy) is 2. The van der Waals surface area contributed by atoms with Crippen LogP contribution in [0.1, 0.15) is 26.2 Å². The maximum absolute atomic E-state index is 12.3. The minimum Gasteiger partial charge on any atom is -0.394 e. The van der Waals surface area contributed by atoms with E-state index >= 15 is 0 Å². The van der Waals surface area contributed by atoms with Crippen molar-refractivity contribution in [3.8, 4) is 0 Å². The molecular formula is C21H28N11O8PS. The molecule has 2 unspecified atom stereocenters. The van der Waals surface area contributed by atoms with Crippen molar-refractivity contribution in [3.63, 3.8) is 0 Å². The van der Waals surface area contributed by atoms with Gasteiger partial charge in [0.2, 0.25) is 5.95 Å². The van der Waals surface area contributed by atoms with E-state index in [0.29, 0.717) is 17.6 Å². The molecule has 21 heteroatoms. The Bertz CT molecular complexity index is 1770. The number of rotatable bonds is 9. The molecule has 0 saturated carbocycles. The van der Waals surface area contributed by atoms with Crippen LogP contribution in [0.2, 0.25) is 0 Å². The summed E-state index contributed by atoms with van der Waals surface area (Å²) in [5.74, 6) is -0.0283. The molecule has 6 rings (SSSR count). The lowest BCUT2D eigenvalue weighted by atomic mass is 9.94. The molecule has 0 aromatic carbocycles. The number of aliphatic hydroxyl groups is 2. The van der Waals surface area contributed by atoms with Gasteiger partial charge in [-0.05, 0) is 18.2 Å². The number of anilines is 2. The van der Waals surface area contributed by atoms with E-state index in [9.17, 15) is 19.9 Å². The highest BCUT2D eigenvalue weighted by atomic mass is 32.5. The number of aromatic nitrogens is 9. The molecule has 2 saturated heterocycles. The first-order valence-electron chi connectivity index (χ1n) is 12.7. The molecule has 0 spiro atoms. The molecule has 0 bridgehead atoms. The SMILES string of the molecule is CC[C@@]1(COP(O)(=S)O[C@@]2(n3nnc4c(=O)[nH]c(N)nc43)CO[C@H](CO)C2)CC(O)(n2cnc3c(N)ncnc32)CO1. The van der Waals surface area contributed by atoms with Gasteiger partial charge in [0.15, 0.2) is 34.1 Å². The molecule has 5 atom stereocenters. The lowest BCUT2D eigenvalue weighted by Crippen LogP contribution is -2.40. The van der Waals surface area contributed by atoms with Crippen LogP contribution in [0.3, 0.4) is 0 Å². The molecule has 2 aliphatic rings. The second-order valence-corrected chi connectivity index (χ2v) is 13.0. The Morgan fingerprint density at radius 2 is 2.07 bits per heavy atom. The zero-order valence-electron chi connectivity index (χ0n) is 22.2. The van der Waals surface area contributed by atoms with Crippen molar-refractivity contribution < 1.29 is 33.6 Å². The van der Waals surface area contributed by atoms with Crippen molar-refractivity contribution >= 4 is 52.6 Å². The average molecular weight is 626 g/mol. The van der Waals surface area contributed by atoms with Gasteiger partial charge in [0.05, 0.1) is 44.5 Å². The third-order valence-electron chi connectivity index (χ3n) is 7.46. The van der Waals surface area contributed by atoms with E-state index in [1.165, 1.54) is 17.2 Å². The second-order valence-electron chi connectivity index (χ2n) is 10.3. The van der Waals surface area contributed by atoms with Crippen LogP contribution in [0.4, 0.5) is 11.8 Å². The van der Waals surface area contributed by atoms with Gasteiger partial charge in [0.1, 0.15) is 11.8 Å². The molecular weight excluding hydrogens is 597 g/mol. The fraction of sp³-hybridized carbons (Fsp3) is 0.571. The van der Waals surface area contributed by atoms with Crippen molar-refractivity contribution in [2.75, 3.05) is 37.9 Å². The van der Waals surface area contributed by atoms with Crippen LogP contribution in [0.5, 0.6) is 0 Å². The van der Waals surface area contributed by atoms with Gasteiger partial charge < -0.3 is 40.6 Å². The first kappa shape index (κ1) is 28.9. The molecule has 2 aliphatic heterocycles. The van der Waals surface area contributed by atoms with Gasteiger partial charge in [-0.1, -0.05) is 12.1 Å². The Labute approximate surface area is 241 Å². The van der Waals surface area contributed by atoms with Crippen molar-refractivity contribution in [3.05, 3.63) is 23.0 Å². The number of nitrogens with zero attached hydrogens (tertiary/aromatic N) is 8. The second kappa shape index (κ2) is 10.2. The Hall–Kier alpha value is -3.20. The van der Waals surface area contributed by atoms with Crippen LogP contribution in [0.15, 0.2) is 17.4 Å². The highest BCUT2D eigenvalue weighted by molar-refractivity contribution is 8.07. The number of hydrogen-bond donors (Lipinski definition) is 6. The normalized spacial score (nSPS) is 29.5. The highest BCUT2D eigenvalue weighted by Crippen LogP contribution is 2.54. The Morgan fingerprint density at radius 3 is 2.81 bits per heavy atom. The zero-order valence-corrected chi connectivity index (χ0v) is 23.9. The van der Waals surface area contributed by atoms with E-state index in [1.54, 1.807) is 0 Å². The quantitative estimate of drug-likeness (QED) is 0.114. The fourth-order valence-corrected chi connectivity index (χ4v) is 6.93. The summed E-state index contributed by atoms with van der Waals surface area (Å²) in [6, 6.07) is 0. The van der Waals surface area contributed by atoms with E-state index in [1.807, 2.05) is 6.92 Å². The Balaban J connectivity index is 1.25. The van der Waals surface area contributed by atoms with Crippen LogP contribution in [0, 0.1) is 0 Å². The van der Waals surface area contributed by atoms with Crippen molar-refractivity contribution in [2.45, 2.75) is 49.3 Å². The summed E-state index contributed by atoms with van der Waals surface area (Å²) in [7, 11) is 0. The van der Waals surface area contributed by atoms with Crippen LogP contribution >= 0.6 is 6.72 Å². The number of nitrogens with two attached hydrogens (primary N) is 2. The van der Waals surface area contributed by atoms with Crippen LogP contribution < -0.4 is 17.0 Å². The molecule has 4 aromatic rings. The summed E-state index contributed by atoms with van der Waals surface area (Å²) >= 11 is 5.39. The van der Waals surface area contributed by atoms with Crippen molar-refractivity contribution in [2.24, 2.45) is 0 Å². The standard InChI is InChI=1S/C21H28N11O8PS/c1-2-19(5-20(35,7-38-19)31-10-26-12-14(22)24-9-25-15(12)31)6-39-41(36,42)40-21(3-11(4-33)37-8-21)32-16-13(29-30-32)17(34)28-18(23)27-16/h9-11,33,35H,2-8H2,1H3,(H,36,42)(H2,22,24,25)(H3,23,27,28,34)/t11-,19-,20?,21+,41?/m0/s1. The molecule has 0 aliphatic carbocycles. The predicted octanol–water partition coefficient (Wildman–Crippen LogP) is -1.58. The first-order chi connectivity index (χ1) is 19.9. The summed E-state index contributed by atoms with van der Waals surface area (Å²) in [4.78, 5) is 42.4. The summed E-state index contributed by atoms with van der Waals surface area (Å²) in [5.41, 5.74) is 7.17. The van der Waals surface area contributed by atoms with E-state index in [2.05, 4.69) is 35.2 Å². The zero-order chi connectivity index (χ0) is 29.9. The Morgan fingerprint density at radius 1 is 1.26 bits per heavy atom. The van der Waals surface area contributed by atoms with Gasteiger partial charge in [0, 0.05) is 12.8 Å². The third kappa shape index (κ3) is 4.83. The van der Waals surface area contributed by atoms with Gasteiger partial charge in [-0.2, -0.15) is 9.67 Å². The van der Waals surface area contributed by atoms with Gasteiger partial charge in [-0.3, -0.25) is 18.9 Å². The molecule has 4 aromatic heterocycles. The van der Waals surface area contributed by atoms with E-state index in [0.717, 1.165) is 4.68 Å². The number of aromatic amines is 1. The molecule has 42 heavy (non-hydrogen) atoms. The molecule has 0 amide bonds. The molecule has 2 fully saturated rings. The summed E-state index contributed by atoms with van der Waals surface area (Å²) in [5, 5.41) is 29.2. The number of aliphatic hydroxyl groups excluding tert-OH is 1. The number of H-pyrrole nitrogens is 1. The maximum Gasteiger partial charge on any atom is 0.326 e. The maximum atomic E-state index is 12.3. The van der Waals surface area contributed by atoms with E-state index < -0.39 is 35.4 Å². The number of imidazole rings is 1. The van der Waals surface area contributed by atoms with Crippen LogP contribution in [0.25, 0.3) is 22.3 Å². The summed E-state index contributed by atoms with van der Waals surface area (Å²) < 4.78 is 26.1. The predicted molar refractivity (Wildman–Crippen MR) is 147 cm³/mol. The summed E-state index contributed by atoms with van der Waals surface area (Å²) in [6.45, 7) is -3.29. The van der Waals surface area contributed by atoms with E-state index in [4.69, 9.17) is 41.8 Å². The molecule has 6 heterocycles. The third-order valence-corrected chi connectivity index (χ3v) is 9.02. The van der Waals surface area contributed by atoms with Gasteiger partial charge in [-0.25, -0.2) is 15.0 Å². The number of nitrogen functional groups attached to an aromatic ring is 2. The van der Waals surface area contributed by atoms with Gasteiger partial charge in [-0.15, -0.1) is 5.10 Å². The van der Waals surface area contributed by atoms with Crippen molar-refractivity contribution in [1.82, 2.24) is 44.5 Å². The molecule has 226 valence electrons. The smallest absolute Gasteiger partial charge is 0.326 e. The first-order valence-corrected chi connectivity index (χ1v) is 15.3. The van der Waals surface area contributed by atoms with E-state index in [-0.39, 0.29) is 62.2 Å².